The molecule has 0 aliphatic heterocycles. The van der Waals surface area contributed by atoms with Gasteiger partial charge in [-0.1, -0.05) is 45.0 Å². The van der Waals surface area contributed by atoms with Crippen LogP contribution in [-0.2, 0) is 9.53 Å². The molecule has 0 spiro atoms. The zero-order valence-electron chi connectivity index (χ0n) is 29.2. The summed E-state index contributed by atoms with van der Waals surface area (Å²) in [5, 5.41) is 0. The van der Waals surface area contributed by atoms with E-state index in [1.165, 1.54) is 18.9 Å². The number of carbonyl (C=O) groups is 3. The summed E-state index contributed by atoms with van der Waals surface area (Å²) in [5.41, 5.74) is 3.60. The maximum atomic E-state index is 12.8. The van der Waals surface area contributed by atoms with Gasteiger partial charge in [-0.2, -0.15) is 0 Å². The molecule has 262 valence electrons. The van der Waals surface area contributed by atoms with E-state index >= 15 is 0 Å². The molecular weight excluding hydrogens is 637 g/mol. The van der Waals surface area contributed by atoms with Crippen LogP contribution in [0.15, 0.2) is 91.7 Å². The fraction of sp³-hybridized carbons (Fsp3) is 0.375. The van der Waals surface area contributed by atoms with E-state index in [-0.39, 0.29) is 0 Å². The second-order valence-corrected chi connectivity index (χ2v) is 17.5. The Bertz CT molecular complexity index is 1510. The third kappa shape index (κ3) is 14.6. The Morgan fingerprint density at radius 3 is 1.63 bits per heavy atom. The lowest BCUT2D eigenvalue weighted by molar-refractivity contribution is -0.137. The molecule has 9 heteroatoms. The number of hydrogen-bond acceptors (Lipinski definition) is 8. The van der Waals surface area contributed by atoms with Crippen molar-refractivity contribution >= 4 is 26.0 Å². The van der Waals surface area contributed by atoms with E-state index in [4.69, 9.17) is 23.7 Å². The van der Waals surface area contributed by atoms with Crippen LogP contribution in [0.5, 0.6) is 23.0 Å². The van der Waals surface area contributed by atoms with Crippen LogP contribution in [0, 0.1) is 6.92 Å². The number of carbonyl (C=O) groups excluding carboxylic acids is 3. The van der Waals surface area contributed by atoms with Crippen molar-refractivity contribution in [2.24, 2.45) is 0 Å². The average molecular weight is 687 g/mol. The van der Waals surface area contributed by atoms with E-state index in [2.05, 4.69) is 32.0 Å². The van der Waals surface area contributed by atoms with E-state index in [0.717, 1.165) is 50.4 Å². The summed E-state index contributed by atoms with van der Waals surface area (Å²) >= 11 is 0. The van der Waals surface area contributed by atoms with Crippen molar-refractivity contribution in [3.63, 3.8) is 0 Å². The average Bonchev–Trinajstić information content (AvgIpc) is 3.10. The summed E-state index contributed by atoms with van der Waals surface area (Å²) in [6.45, 7) is 15.4. The molecule has 0 saturated heterocycles. The summed E-state index contributed by atoms with van der Waals surface area (Å²) < 4.78 is 27.7. The molecule has 3 aromatic rings. The van der Waals surface area contributed by atoms with Gasteiger partial charge in [0.1, 0.15) is 23.0 Å². The van der Waals surface area contributed by atoms with Crippen molar-refractivity contribution in [3.05, 3.63) is 108 Å². The first kappa shape index (κ1) is 38.8. The molecule has 0 bridgehead atoms. The molecule has 0 unspecified atom stereocenters. The Labute approximate surface area is 292 Å². The second-order valence-electron chi connectivity index (χ2n) is 12.6. The van der Waals surface area contributed by atoms with Crippen molar-refractivity contribution in [2.45, 2.75) is 77.4 Å². The van der Waals surface area contributed by atoms with Crippen LogP contribution in [-0.4, -0.2) is 45.8 Å². The van der Waals surface area contributed by atoms with E-state index in [0.29, 0.717) is 53.8 Å². The minimum atomic E-state index is -1.21. The smallest absolute Gasteiger partial charge is 0.343 e. The van der Waals surface area contributed by atoms with Gasteiger partial charge < -0.3 is 23.7 Å². The van der Waals surface area contributed by atoms with Crippen LogP contribution >= 0.6 is 0 Å². The van der Waals surface area contributed by atoms with Gasteiger partial charge >= 0.3 is 17.9 Å². The normalized spacial score (nSPS) is 10.9. The van der Waals surface area contributed by atoms with Gasteiger partial charge in [-0.3, -0.25) is 0 Å². The SMILES string of the molecule is C=CC(=O)OCCCCCCOc1ccc(C(=O)Oc2ccc(OC(=O)c3ccc(OCCCCCC[Si](C)(C)C=C)cc3)c(C)c2)cc1. The number of unbranched alkanes of at least 4 members (excludes halogenated alkanes) is 6. The molecule has 3 aromatic carbocycles. The fourth-order valence-electron chi connectivity index (χ4n) is 4.81. The molecular formula is C40H50O8Si. The molecule has 0 fully saturated rings. The Kier molecular flexibility index (Phi) is 16.4. The number of ether oxygens (including phenoxy) is 5. The van der Waals surface area contributed by atoms with Crippen LogP contribution in [0.25, 0.3) is 0 Å². The lowest BCUT2D eigenvalue weighted by atomic mass is 10.2. The van der Waals surface area contributed by atoms with Crippen molar-refractivity contribution < 1.29 is 38.1 Å². The summed E-state index contributed by atoms with van der Waals surface area (Å²) in [6.07, 6.45) is 9.28. The standard InChI is InChI=1S/C40H50O8Si/c1-6-38(41)46-28-14-9-8-12-26-44-34-20-16-32(17-21-34)39(42)47-36-24-25-37(31(3)30-36)48-40(43)33-18-22-35(23-19-33)45-27-13-10-11-15-29-49(4,5)7-2/h6-7,16-25,30H,1-2,8-15,26-29H2,3-5H3. The van der Waals surface area contributed by atoms with Gasteiger partial charge in [-0.05, 0) is 111 Å². The predicted octanol–water partition coefficient (Wildman–Crippen LogP) is 9.47. The van der Waals surface area contributed by atoms with Crippen molar-refractivity contribution in [1.29, 1.82) is 0 Å². The van der Waals surface area contributed by atoms with Gasteiger partial charge in [-0.15, -0.1) is 12.3 Å². The van der Waals surface area contributed by atoms with E-state index in [1.807, 2.05) is 0 Å². The van der Waals surface area contributed by atoms with Gasteiger partial charge in [0.05, 0.1) is 39.0 Å². The molecule has 0 N–H and O–H groups in total. The molecule has 0 atom stereocenters. The lowest BCUT2D eigenvalue weighted by Gasteiger charge is -2.16. The Hall–Kier alpha value is -4.63. The largest absolute Gasteiger partial charge is 0.494 e. The lowest BCUT2D eigenvalue weighted by Crippen LogP contribution is -2.21. The van der Waals surface area contributed by atoms with Crippen LogP contribution in [0.2, 0.25) is 19.1 Å². The van der Waals surface area contributed by atoms with Crippen molar-refractivity contribution in [2.75, 3.05) is 19.8 Å². The highest BCUT2D eigenvalue weighted by atomic mass is 28.3. The topological polar surface area (TPSA) is 97.4 Å². The highest BCUT2D eigenvalue weighted by molar-refractivity contribution is 6.82. The molecule has 0 heterocycles. The number of hydrogen-bond donors (Lipinski definition) is 0. The quantitative estimate of drug-likeness (QED) is 0.0339. The van der Waals surface area contributed by atoms with Gasteiger partial charge in [0.2, 0.25) is 0 Å². The molecule has 0 aliphatic rings. The number of aryl methyl sites for hydroxylation is 1. The molecule has 8 nitrogen and oxygen atoms in total. The zero-order chi connectivity index (χ0) is 35.5. The second kappa shape index (κ2) is 20.7. The highest BCUT2D eigenvalue weighted by Crippen LogP contribution is 2.26. The Balaban J connectivity index is 1.36. The number of esters is 3. The highest BCUT2D eigenvalue weighted by Gasteiger charge is 2.15. The predicted molar refractivity (Wildman–Crippen MR) is 196 cm³/mol. The first-order valence-corrected chi connectivity index (χ1v) is 20.3. The number of rotatable bonds is 22. The van der Waals surface area contributed by atoms with E-state index in [9.17, 15) is 14.4 Å². The summed E-state index contributed by atoms with van der Waals surface area (Å²) in [7, 11) is -1.21. The molecule has 0 aliphatic carbocycles. The minimum absolute atomic E-state index is 0.339. The molecule has 3 rings (SSSR count). The maximum absolute atomic E-state index is 12.8. The summed E-state index contributed by atoms with van der Waals surface area (Å²) in [6, 6.07) is 19.8. The maximum Gasteiger partial charge on any atom is 0.343 e. The van der Waals surface area contributed by atoms with Gasteiger partial charge in [0.15, 0.2) is 0 Å². The van der Waals surface area contributed by atoms with Gasteiger partial charge in [0, 0.05) is 6.08 Å². The van der Waals surface area contributed by atoms with Crippen molar-refractivity contribution in [1.82, 2.24) is 0 Å². The molecule has 0 saturated carbocycles. The molecule has 0 amide bonds. The van der Waals surface area contributed by atoms with Crippen molar-refractivity contribution in [3.8, 4) is 23.0 Å². The van der Waals surface area contributed by atoms with E-state index in [1.54, 1.807) is 73.7 Å². The first-order chi connectivity index (χ1) is 23.6. The van der Waals surface area contributed by atoms with Crippen LogP contribution in [0.1, 0.15) is 77.6 Å². The van der Waals surface area contributed by atoms with E-state index < -0.39 is 26.0 Å². The Morgan fingerprint density at radius 1 is 0.633 bits per heavy atom. The third-order valence-electron chi connectivity index (χ3n) is 7.99. The first-order valence-electron chi connectivity index (χ1n) is 17.0. The third-order valence-corrected chi connectivity index (χ3v) is 10.7. The molecule has 0 aromatic heterocycles. The van der Waals surface area contributed by atoms with Crippen LogP contribution in [0.3, 0.4) is 0 Å². The van der Waals surface area contributed by atoms with Gasteiger partial charge in [-0.25, -0.2) is 14.4 Å². The Morgan fingerprint density at radius 2 is 1.12 bits per heavy atom. The monoisotopic (exact) mass is 686 g/mol. The summed E-state index contributed by atoms with van der Waals surface area (Å²) in [4.78, 5) is 36.5. The minimum Gasteiger partial charge on any atom is -0.494 e. The van der Waals surface area contributed by atoms with Crippen LogP contribution in [0.4, 0.5) is 0 Å². The van der Waals surface area contributed by atoms with Crippen LogP contribution < -0.4 is 18.9 Å². The number of benzene rings is 3. The molecule has 0 radical (unpaired) electrons. The molecule has 49 heavy (non-hydrogen) atoms. The summed E-state index contributed by atoms with van der Waals surface area (Å²) in [5.74, 6) is 0.696. The zero-order valence-corrected chi connectivity index (χ0v) is 30.2. The van der Waals surface area contributed by atoms with Gasteiger partial charge in [0.25, 0.3) is 0 Å². The fourth-order valence-corrected chi connectivity index (χ4v) is 6.17.